The van der Waals surface area contributed by atoms with Crippen molar-refractivity contribution in [3.63, 3.8) is 0 Å². The Kier molecular flexibility index (Phi) is 3.40. The summed E-state index contributed by atoms with van der Waals surface area (Å²) >= 11 is 6.07. The molecule has 1 heterocycles. The zero-order chi connectivity index (χ0) is 13.9. The van der Waals surface area contributed by atoms with Gasteiger partial charge >= 0.3 is 0 Å². The van der Waals surface area contributed by atoms with E-state index in [2.05, 4.69) is 0 Å². The second-order valence-electron chi connectivity index (χ2n) is 4.37. The minimum Gasteiger partial charge on any atom is -0.463 e. The molecular weight excluding hydrogens is 272 g/mol. The van der Waals surface area contributed by atoms with Crippen molar-refractivity contribution < 1.29 is 4.42 Å². The van der Waals surface area contributed by atoms with Crippen LogP contribution in [-0.2, 0) is 0 Å². The summed E-state index contributed by atoms with van der Waals surface area (Å²) in [5.74, 6) is 0. The highest BCUT2D eigenvalue weighted by molar-refractivity contribution is 6.32. The lowest BCUT2D eigenvalue weighted by atomic mass is 10.1. The summed E-state index contributed by atoms with van der Waals surface area (Å²) in [6, 6.07) is 14.7. The maximum absolute atomic E-state index is 12.3. The van der Waals surface area contributed by atoms with Crippen LogP contribution in [0, 0.1) is 0 Å². The Morgan fingerprint density at radius 2 is 1.60 bits per heavy atom. The molecule has 0 atom stereocenters. The third-order valence-electron chi connectivity index (χ3n) is 3.05. The van der Waals surface area contributed by atoms with Gasteiger partial charge in [0.25, 0.3) is 0 Å². The molecule has 3 aromatic rings. The lowest BCUT2D eigenvalue weighted by Gasteiger charge is -1.99. The predicted octanol–water partition coefficient (Wildman–Crippen LogP) is 4.62. The number of hydrogen-bond donors (Lipinski definition) is 0. The molecule has 0 aliphatic rings. The minimum absolute atomic E-state index is 0.0462. The molecule has 0 unspecified atom stereocenters. The summed E-state index contributed by atoms with van der Waals surface area (Å²) < 4.78 is 5.46. The molecule has 0 radical (unpaired) electrons. The van der Waals surface area contributed by atoms with Crippen molar-refractivity contribution in [2.75, 3.05) is 0 Å². The summed E-state index contributed by atoms with van der Waals surface area (Å²) in [5, 5.41) is 1.22. The third-order valence-corrected chi connectivity index (χ3v) is 3.40. The van der Waals surface area contributed by atoms with Gasteiger partial charge in [-0.3, -0.25) is 4.79 Å². The van der Waals surface area contributed by atoms with Crippen molar-refractivity contribution in [2.45, 2.75) is 0 Å². The van der Waals surface area contributed by atoms with Crippen LogP contribution in [0.15, 0.2) is 64.0 Å². The first-order valence-electron chi connectivity index (χ1n) is 6.19. The van der Waals surface area contributed by atoms with Crippen LogP contribution in [0.2, 0.25) is 5.02 Å². The zero-order valence-electron chi connectivity index (χ0n) is 10.5. The Morgan fingerprint density at radius 1 is 0.900 bits per heavy atom. The van der Waals surface area contributed by atoms with Gasteiger partial charge in [-0.15, -0.1) is 0 Å². The lowest BCUT2D eigenvalue weighted by Crippen LogP contribution is -2.04. The Hall–Kier alpha value is -2.32. The summed E-state index contributed by atoms with van der Waals surface area (Å²) in [5.41, 5.74) is 1.91. The van der Waals surface area contributed by atoms with Crippen molar-refractivity contribution in [1.29, 1.82) is 0 Å². The van der Waals surface area contributed by atoms with Crippen molar-refractivity contribution in [2.24, 2.45) is 0 Å². The van der Waals surface area contributed by atoms with E-state index in [1.807, 2.05) is 42.5 Å². The van der Waals surface area contributed by atoms with Gasteiger partial charge in [-0.05, 0) is 29.8 Å². The Bertz CT molecular complexity index is 847. The normalized spacial score (nSPS) is 11.2. The first kappa shape index (κ1) is 12.7. The zero-order valence-corrected chi connectivity index (χ0v) is 11.3. The van der Waals surface area contributed by atoms with Gasteiger partial charge in [0.15, 0.2) is 5.43 Å². The number of halogens is 1. The molecule has 1 aromatic heterocycles. The maximum Gasteiger partial charge on any atom is 0.199 e. The highest BCUT2D eigenvalue weighted by atomic mass is 35.5. The van der Waals surface area contributed by atoms with Crippen LogP contribution in [-0.4, -0.2) is 0 Å². The molecule has 2 aromatic carbocycles. The SMILES string of the molecule is O=c1c(C=Cc2ccccc2Cl)coc2ccccc12. The smallest absolute Gasteiger partial charge is 0.199 e. The molecule has 0 N–H and O–H groups in total. The fraction of sp³-hybridized carbons (Fsp3) is 0. The molecule has 20 heavy (non-hydrogen) atoms. The first-order valence-corrected chi connectivity index (χ1v) is 6.56. The van der Waals surface area contributed by atoms with E-state index in [4.69, 9.17) is 16.0 Å². The predicted molar refractivity (Wildman–Crippen MR) is 82.9 cm³/mol. The fourth-order valence-corrected chi connectivity index (χ4v) is 2.20. The second-order valence-corrected chi connectivity index (χ2v) is 4.78. The maximum atomic E-state index is 12.3. The third kappa shape index (κ3) is 2.38. The molecule has 98 valence electrons. The van der Waals surface area contributed by atoms with Crippen LogP contribution in [0.5, 0.6) is 0 Å². The van der Waals surface area contributed by atoms with E-state index < -0.39 is 0 Å². The molecular formula is C17H11ClO2. The van der Waals surface area contributed by atoms with Gasteiger partial charge < -0.3 is 4.42 Å². The molecule has 0 saturated heterocycles. The molecule has 3 rings (SSSR count). The standard InChI is InChI=1S/C17H11ClO2/c18-15-7-3-1-5-12(15)9-10-13-11-20-16-8-4-2-6-14(16)17(13)19/h1-11H. The molecule has 0 spiro atoms. The van der Waals surface area contributed by atoms with E-state index in [9.17, 15) is 4.79 Å². The van der Waals surface area contributed by atoms with Crippen LogP contribution in [0.4, 0.5) is 0 Å². The van der Waals surface area contributed by atoms with Gasteiger partial charge in [0.1, 0.15) is 11.8 Å². The van der Waals surface area contributed by atoms with Crippen LogP contribution in [0.25, 0.3) is 23.1 Å². The van der Waals surface area contributed by atoms with Gasteiger partial charge in [-0.2, -0.15) is 0 Å². The quantitative estimate of drug-likeness (QED) is 0.687. The number of fused-ring (bicyclic) bond motifs is 1. The van der Waals surface area contributed by atoms with Gasteiger partial charge in [0.05, 0.1) is 10.9 Å². The van der Waals surface area contributed by atoms with Crippen LogP contribution >= 0.6 is 11.6 Å². The minimum atomic E-state index is -0.0462. The van der Waals surface area contributed by atoms with Gasteiger partial charge in [-0.1, -0.05) is 48.0 Å². The summed E-state index contributed by atoms with van der Waals surface area (Å²) in [6.07, 6.45) is 5.00. The highest BCUT2D eigenvalue weighted by Crippen LogP contribution is 2.18. The number of hydrogen-bond acceptors (Lipinski definition) is 2. The molecule has 2 nitrogen and oxygen atoms in total. The first-order chi connectivity index (χ1) is 9.75. The average Bonchev–Trinajstić information content (AvgIpc) is 2.48. The number of para-hydroxylation sites is 1. The number of benzene rings is 2. The highest BCUT2D eigenvalue weighted by Gasteiger charge is 2.03. The summed E-state index contributed by atoms with van der Waals surface area (Å²) in [7, 11) is 0. The average molecular weight is 283 g/mol. The summed E-state index contributed by atoms with van der Waals surface area (Å²) in [4.78, 5) is 12.3. The monoisotopic (exact) mass is 282 g/mol. The Labute approximate surface area is 120 Å². The Morgan fingerprint density at radius 3 is 2.45 bits per heavy atom. The van der Waals surface area contributed by atoms with Gasteiger partial charge in [-0.25, -0.2) is 0 Å². The van der Waals surface area contributed by atoms with E-state index >= 15 is 0 Å². The molecule has 0 saturated carbocycles. The van der Waals surface area contributed by atoms with E-state index in [0.29, 0.717) is 21.6 Å². The van der Waals surface area contributed by atoms with Crippen molar-refractivity contribution in [3.8, 4) is 0 Å². The van der Waals surface area contributed by atoms with Crippen molar-refractivity contribution in [3.05, 3.63) is 81.2 Å². The Balaban J connectivity index is 2.06. The second kappa shape index (κ2) is 5.35. The van der Waals surface area contributed by atoms with Crippen LogP contribution in [0.1, 0.15) is 11.1 Å². The molecule has 0 bridgehead atoms. The fourth-order valence-electron chi connectivity index (χ4n) is 2.00. The molecule has 0 aliphatic heterocycles. The topological polar surface area (TPSA) is 30.2 Å². The molecule has 0 amide bonds. The van der Waals surface area contributed by atoms with Crippen LogP contribution in [0.3, 0.4) is 0 Å². The van der Waals surface area contributed by atoms with Crippen molar-refractivity contribution >= 4 is 34.7 Å². The van der Waals surface area contributed by atoms with E-state index in [-0.39, 0.29) is 5.43 Å². The lowest BCUT2D eigenvalue weighted by molar-refractivity contribution is 0.601. The van der Waals surface area contributed by atoms with E-state index in [0.717, 1.165) is 5.56 Å². The van der Waals surface area contributed by atoms with Gasteiger partial charge in [0, 0.05) is 5.02 Å². The number of rotatable bonds is 2. The molecule has 0 fully saturated rings. The molecule has 0 aliphatic carbocycles. The van der Waals surface area contributed by atoms with Crippen molar-refractivity contribution in [1.82, 2.24) is 0 Å². The summed E-state index contributed by atoms with van der Waals surface area (Å²) in [6.45, 7) is 0. The van der Waals surface area contributed by atoms with Crippen LogP contribution < -0.4 is 5.43 Å². The molecule has 3 heteroatoms. The van der Waals surface area contributed by atoms with Gasteiger partial charge in [0.2, 0.25) is 0 Å². The largest absolute Gasteiger partial charge is 0.463 e. The van der Waals surface area contributed by atoms with E-state index in [1.54, 1.807) is 18.2 Å². The van der Waals surface area contributed by atoms with E-state index in [1.165, 1.54) is 6.26 Å².